The molecule has 2 aromatic carbocycles. The van der Waals surface area contributed by atoms with Gasteiger partial charge in [0, 0.05) is 21.3 Å². The summed E-state index contributed by atoms with van der Waals surface area (Å²) >= 11 is 14.1. The molecule has 38 heavy (non-hydrogen) atoms. The monoisotopic (exact) mass is 642 g/mol. The fourth-order valence-corrected chi connectivity index (χ4v) is 5.98. The van der Waals surface area contributed by atoms with Gasteiger partial charge in [-0.2, -0.15) is 26.3 Å². The molecule has 2 aliphatic rings. The van der Waals surface area contributed by atoms with E-state index < -0.39 is 41.5 Å². The maximum atomic E-state index is 12.7. The Balaban J connectivity index is 0.000000260. The van der Waals surface area contributed by atoms with Crippen LogP contribution >= 0.6 is 59.1 Å². The minimum atomic E-state index is -4.51. The second-order valence-corrected chi connectivity index (χ2v) is 10.6. The first-order valence-corrected chi connectivity index (χ1v) is 13.0. The number of carbonyl (C=O) groups is 2. The molecule has 6 nitrogen and oxygen atoms in total. The lowest BCUT2D eigenvalue weighted by Crippen LogP contribution is -2.39. The van der Waals surface area contributed by atoms with Gasteiger partial charge in [0.25, 0.3) is 0 Å². The third-order valence-electron chi connectivity index (χ3n) is 5.06. The molecule has 17 heteroatoms. The smallest absolute Gasteiger partial charge is 0.324 e. The van der Waals surface area contributed by atoms with Crippen LogP contribution in [0, 0.1) is 0 Å². The minimum absolute atomic E-state index is 0. The molecule has 5 N–H and O–H groups in total. The molecule has 0 bridgehead atoms. The van der Waals surface area contributed by atoms with Gasteiger partial charge in [0.05, 0.1) is 44.6 Å². The largest absolute Gasteiger partial charge is 0.416 e. The van der Waals surface area contributed by atoms with Crippen LogP contribution in [0.25, 0.3) is 0 Å². The summed E-state index contributed by atoms with van der Waals surface area (Å²) in [4.78, 5) is 24.1. The molecular formula is C21H19Cl3F6N4O2S2. The zero-order valence-electron chi connectivity index (χ0n) is 19.0. The molecule has 0 saturated heterocycles. The number of benzene rings is 2. The number of amides is 2. The fourth-order valence-electron chi connectivity index (χ4n) is 3.14. The number of hydrogen-bond donors (Lipinski definition) is 4. The van der Waals surface area contributed by atoms with Gasteiger partial charge in [0.2, 0.25) is 11.8 Å². The van der Waals surface area contributed by atoms with E-state index in [-0.39, 0.29) is 45.5 Å². The van der Waals surface area contributed by atoms with E-state index in [2.05, 4.69) is 16.0 Å². The van der Waals surface area contributed by atoms with Gasteiger partial charge in [0.1, 0.15) is 0 Å². The van der Waals surface area contributed by atoms with Crippen molar-refractivity contribution in [3.8, 4) is 0 Å². The van der Waals surface area contributed by atoms with Crippen LogP contribution in [-0.4, -0.2) is 42.5 Å². The van der Waals surface area contributed by atoms with Gasteiger partial charge in [-0.15, -0.1) is 35.9 Å². The van der Waals surface area contributed by atoms with E-state index in [0.717, 1.165) is 36.0 Å². The topological polar surface area (TPSA) is 96.2 Å². The SMILES string of the molecule is CN[C@H]1CSc2c(Cl)cc(C(F)(F)F)cc2NC1=O.Cl.N[C@H]1CSc2c(Cl)cc(C(F)(F)F)cc2NC1=O. The van der Waals surface area contributed by atoms with E-state index in [1.54, 1.807) is 7.05 Å². The van der Waals surface area contributed by atoms with Gasteiger partial charge in [-0.25, -0.2) is 0 Å². The Kier molecular flexibility index (Phi) is 11.0. The molecule has 0 spiro atoms. The van der Waals surface area contributed by atoms with E-state index in [4.69, 9.17) is 28.9 Å². The summed E-state index contributed by atoms with van der Waals surface area (Å²) < 4.78 is 75.9. The molecule has 2 aliphatic heterocycles. The Hall–Kier alpha value is -1.55. The highest BCUT2D eigenvalue weighted by Gasteiger charge is 2.35. The Labute approximate surface area is 237 Å². The zero-order valence-corrected chi connectivity index (χ0v) is 23.0. The van der Waals surface area contributed by atoms with E-state index >= 15 is 0 Å². The predicted molar refractivity (Wildman–Crippen MR) is 140 cm³/mol. The van der Waals surface area contributed by atoms with Crippen LogP contribution in [0.2, 0.25) is 10.0 Å². The molecule has 2 atom stereocenters. The molecule has 4 rings (SSSR count). The number of nitrogens with two attached hydrogens (primary N) is 1. The first-order chi connectivity index (χ1) is 17.1. The average Bonchev–Trinajstić information content (AvgIpc) is 3.04. The lowest BCUT2D eigenvalue weighted by Gasteiger charge is -2.13. The summed E-state index contributed by atoms with van der Waals surface area (Å²) in [6, 6.07) is 2.25. The number of likely N-dealkylation sites (N-methyl/N-ethyl adjacent to an activating group) is 1. The minimum Gasteiger partial charge on any atom is -0.324 e. The summed E-state index contributed by atoms with van der Waals surface area (Å²) in [5, 5.41) is 7.57. The third-order valence-corrected chi connectivity index (χ3v) is 8.36. The lowest BCUT2D eigenvalue weighted by atomic mass is 10.2. The maximum Gasteiger partial charge on any atom is 0.416 e. The molecule has 0 radical (unpaired) electrons. The lowest BCUT2D eigenvalue weighted by molar-refractivity contribution is -0.138. The number of thioether (sulfide) groups is 2. The van der Waals surface area contributed by atoms with Crippen LogP contribution < -0.4 is 21.7 Å². The van der Waals surface area contributed by atoms with Crippen LogP contribution in [0.5, 0.6) is 0 Å². The van der Waals surface area contributed by atoms with Crippen LogP contribution in [0.3, 0.4) is 0 Å². The van der Waals surface area contributed by atoms with Crippen molar-refractivity contribution in [1.82, 2.24) is 5.32 Å². The number of alkyl halides is 6. The molecule has 2 amide bonds. The van der Waals surface area contributed by atoms with Crippen molar-refractivity contribution < 1.29 is 35.9 Å². The van der Waals surface area contributed by atoms with Crippen molar-refractivity contribution >= 4 is 82.3 Å². The molecule has 2 heterocycles. The zero-order chi connectivity index (χ0) is 27.7. The van der Waals surface area contributed by atoms with Gasteiger partial charge in [0.15, 0.2) is 0 Å². The number of hydrogen-bond acceptors (Lipinski definition) is 6. The second kappa shape index (κ2) is 12.7. The Morgan fingerprint density at radius 2 is 1.26 bits per heavy atom. The van der Waals surface area contributed by atoms with Crippen molar-refractivity contribution in [2.24, 2.45) is 5.73 Å². The van der Waals surface area contributed by atoms with Crippen LogP contribution in [0.15, 0.2) is 34.1 Å². The van der Waals surface area contributed by atoms with Crippen molar-refractivity contribution in [3.05, 3.63) is 45.4 Å². The van der Waals surface area contributed by atoms with Crippen molar-refractivity contribution in [2.45, 2.75) is 34.2 Å². The third kappa shape index (κ3) is 7.77. The molecule has 2 aromatic rings. The van der Waals surface area contributed by atoms with Crippen molar-refractivity contribution in [1.29, 1.82) is 0 Å². The first-order valence-electron chi connectivity index (χ1n) is 10.2. The van der Waals surface area contributed by atoms with Crippen LogP contribution in [0.4, 0.5) is 37.7 Å². The Morgan fingerprint density at radius 3 is 1.68 bits per heavy atom. The van der Waals surface area contributed by atoms with E-state index in [0.29, 0.717) is 15.5 Å². The van der Waals surface area contributed by atoms with Gasteiger partial charge < -0.3 is 21.7 Å². The highest BCUT2D eigenvalue weighted by molar-refractivity contribution is 8.00. The summed E-state index contributed by atoms with van der Waals surface area (Å²) in [6.45, 7) is 0. The summed E-state index contributed by atoms with van der Waals surface area (Å²) in [5.41, 5.74) is 3.92. The molecule has 0 aromatic heterocycles. The molecule has 210 valence electrons. The summed E-state index contributed by atoms with van der Waals surface area (Å²) in [6.07, 6.45) is -9.01. The molecular weight excluding hydrogens is 625 g/mol. The average molecular weight is 644 g/mol. The van der Waals surface area contributed by atoms with E-state index in [1.807, 2.05) is 0 Å². The summed E-state index contributed by atoms with van der Waals surface area (Å²) in [5.74, 6) is -0.217. The quantitative estimate of drug-likeness (QED) is 0.279. The van der Waals surface area contributed by atoms with Gasteiger partial charge >= 0.3 is 12.4 Å². The second-order valence-electron chi connectivity index (χ2n) is 7.71. The summed E-state index contributed by atoms with van der Waals surface area (Å²) in [7, 11) is 1.61. The molecule has 0 aliphatic carbocycles. The van der Waals surface area contributed by atoms with Crippen molar-refractivity contribution in [3.63, 3.8) is 0 Å². The normalized spacial score (nSPS) is 19.3. The Bertz CT molecular complexity index is 1220. The number of fused-ring (bicyclic) bond motifs is 2. The number of carbonyl (C=O) groups excluding carboxylic acids is 2. The molecule has 0 fully saturated rings. The highest BCUT2D eigenvalue weighted by atomic mass is 35.5. The standard InChI is InChI=1S/C11H10ClF3N2OS.C10H8ClF3N2OS.ClH/c1-16-8-4-19-9-6(12)2-5(11(13,14)15)3-7(9)17-10(8)18;11-5-1-4(10(12,13)14)2-7-8(5)18-3-6(15)9(17)16-7;/h2-3,8,16H,4H2,1H3,(H,17,18);1-2,6H,3,15H2,(H,16,17);1H/t8-;6-;/m00./s1. The Morgan fingerprint density at radius 1 is 0.842 bits per heavy atom. The highest BCUT2D eigenvalue weighted by Crippen LogP contribution is 2.43. The number of halogens is 9. The maximum absolute atomic E-state index is 12.7. The van der Waals surface area contributed by atoms with Crippen LogP contribution in [-0.2, 0) is 21.9 Å². The number of nitrogens with one attached hydrogen (secondary N) is 3. The van der Waals surface area contributed by atoms with Crippen LogP contribution in [0.1, 0.15) is 11.1 Å². The number of anilines is 2. The molecule has 0 saturated carbocycles. The van der Waals surface area contributed by atoms with Gasteiger partial charge in [-0.1, -0.05) is 23.2 Å². The van der Waals surface area contributed by atoms with E-state index in [1.165, 1.54) is 11.8 Å². The fraction of sp³-hybridized carbons (Fsp3) is 0.333. The molecule has 0 unspecified atom stereocenters. The van der Waals surface area contributed by atoms with Crippen molar-refractivity contribution in [2.75, 3.05) is 29.2 Å². The van der Waals surface area contributed by atoms with Gasteiger partial charge in [-0.05, 0) is 31.3 Å². The number of rotatable bonds is 1. The van der Waals surface area contributed by atoms with Gasteiger partial charge in [-0.3, -0.25) is 9.59 Å². The predicted octanol–water partition coefficient (Wildman–Crippen LogP) is 6.14. The first kappa shape index (κ1) is 32.7. The van der Waals surface area contributed by atoms with E-state index in [9.17, 15) is 35.9 Å².